The number of esters is 1. The Labute approximate surface area is 103 Å². The fraction of sp³-hybridized carbons (Fsp3) is 0.500. The first-order valence-electron chi connectivity index (χ1n) is 6.05. The van der Waals surface area contributed by atoms with Crippen LogP contribution in [0.5, 0.6) is 0 Å². The molecule has 1 N–H and O–H groups in total. The maximum atomic E-state index is 11.4. The number of hydrogen-bond acceptors (Lipinski definition) is 3. The fourth-order valence-electron chi connectivity index (χ4n) is 1.76. The summed E-state index contributed by atoms with van der Waals surface area (Å²) in [5.41, 5.74) is 1.28. The zero-order valence-corrected chi connectivity index (χ0v) is 10.8. The first kappa shape index (κ1) is 13.7. The molecule has 0 heterocycles. The predicted octanol–water partition coefficient (Wildman–Crippen LogP) is 2.33. The topological polar surface area (TPSA) is 38.3 Å². The Kier molecular flexibility index (Phi) is 5.70. The lowest BCUT2D eigenvalue weighted by molar-refractivity contribution is -0.143. The number of carbonyl (C=O) groups excluding carboxylic acids is 1. The highest BCUT2D eigenvalue weighted by atomic mass is 16.5. The Morgan fingerprint density at radius 2 is 2.00 bits per heavy atom. The summed E-state index contributed by atoms with van der Waals surface area (Å²) in [5, 5.41) is 3.24. The molecule has 0 aromatic heterocycles. The number of rotatable bonds is 6. The first-order valence-corrected chi connectivity index (χ1v) is 6.05. The highest BCUT2D eigenvalue weighted by Crippen LogP contribution is 2.13. The quantitative estimate of drug-likeness (QED) is 0.769. The van der Waals surface area contributed by atoms with Crippen LogP contribution < -0.4 is 5.32 Å². The smallest absolute Gasteiger partial charge is 0.322 e. The Balaban J connectivity index is 2.47. The minimum absolute atomic E-state index is 0.187. The van der Waals surface area contributed by atoms with E-state index in [2.05, 4.69) is 24.4 Å². The lowest BCUT2D eigenvalue weighted by atomic mass is 10.0. The summed E-state index contributed by atoms with van der Waals surface area (Å²) < 4.78 is 4.74. The fourth-order valence-corrected chi connectivity index (χ4v) is 1.76. The summed E-state index contributed by atoms with van der Waals surface area (Å²) >= 11 is 0. The number of ether oxygens (including phenoxy) is 1. The van der Waals surface area contributed by atoms with Crippen molar-refractivity contribution in [2.75, 3.05) is 13.7 Å². The van der Waals surface area contributed by atoms with Crippen LogP contribution in [0.3, 0.4) is 0 Å². The number of nitrogens with one attached hydrogen (secondary N) is 1. The summed E-state index contributed by atoms with van der Waals surface area (Å²) in [6.07, 6.45) is 0.744. The number of methoxy groups -OCH3 is 1. The van der Waals surface area contributed by atoms with Crippen LogP contribution in [0.15, 0.2) is 30.3 Å². The monoisotopic (exact) mass is 235 g/mol. The summed E-state index contributed by atoms with van der Waals surface area (Å²) in [7, 11) is 1.42. The molecule has 1 aromatic carbocycles. The standard InChI is InChI=1S/C14H21NO2/c1-4-13(14(16)17-3)15-10-11(2)12-8-6-5-7-9-12/h5-9,11,13,15H,4,10H2,1-3H3. The van der Waals surface area contributed by atoms with Gasteiger partial charge in [0.2, 0.25) is 0 Å². The van der Waals surface area contributed by atoms with Gasteiger partial charge in [0.25, 0.3) is 0 Å². The van der Waals surface area contributed by atoms with Gasteiger partial charge in [0.15, 0.2) is 0 Å². The second-order valence-corrected chi connectivity index (χ2v) is 4.20. The molecule has 2 atom stereocenters. The molecule has 0 aliphatic rings. The normalized spacial score (nSPS) is 14.1. The third kappa shape index (κ3) is 4.19. The van der Waals surface area contributed by atoms with Crippen LogP contribution in [0.1, 0.15) is 31.7 Å². The van der Waals surface area contributed by atoms with E-state index in [0.29, 0.717) is 5.92 Å². The van der Waals surface area contributed by atoms with Crippen LogP contribution in [0.4, 0.5) is 0 Å². The maximum Gasteiger partial charge on any atom is 0.322 e. The van der Waals surface area contributed by atoms with E-state index in [1.165, 1.54) is 12.7 Å². The molecule has 0 saturated carbocycles. The zero-order valence-electron chi connectivity index (χ0n) is 10.8. The molecule has 2 unspecified atom stereocenters. The molecule has 0 aliphatic heterocycles. The molecular weight excluding hydrogens is 214 g/mol. The van der Waals surface area contributed by atoms with E-state index in [9.17, 15) is 4.79 Å². The second kappa shape index (κ2) is 7.07. The third-order valence-electron chi connectivity index (χ3n) is 2.93. The molecular formula is C14H21NO2. The van der Waals surface area contributed by atoms with Crippen molar-refractivity contribution in [2.45, 2.75) is 32.2 Å². The van der Waals surface area contributed by atoms with Gasteiger partial charge in [0.1, 0.15) is 6.04 Å². The molecule has 1 rings (SSSR count). The average Bonchev–Trinajstić information content (AvgIpc) is 2.39. The Hall–Kier alpha value is -1.35. The van der Waals surface area contributed by atoms with Crippen molar-refractivity contribution in [3.8, 4) is 0 Å². The Bertz CT molecular complexity index is 337. The molecule has 3 heteroatoms. The van der Waals surface area contributed by atoms with Gasteiger partial charge in [-0.05, 0) is 17.9 Å². The molecule has 3 nitrogen and oxygen atoms in total. The summed E-state index contributed by atoms with van der Waals surface area (Å²) in [5.74, 6) is 0.197. The van der Waals surface area contributed by atoms with Crippen LogP contribution in [0, 0.1) is 0 Å². The molecule has 94 valence electrons. The Morgan fingerprint density at radius 3 is 2.53 bits per heavy atom. The van der Waals surface area contributed by atoms with Crippen LogP contribution in [0.25, 0.3) is 0 Å². The van der Waals surface area contributed by atoms with Crippen molar-refractivity contribution in [3.05, 3.63) is 35.9 Å². The largest absolute Gasteiger partial charge is 0.468 e. The van der Waals surface area contributed by atoms with Gasteiger partial charge in [-0.3, -0.25) is 4.79 Å². The highest BCUT2D eigenvalue weighted by Gasteiger charge is 2.17. The molecule has 0 fully saturated rings. The van der Waals surface area contributed by atoms with E-state index in [1.807, 2.05) is 25.1 Å². The molecule has 0 saturated heterocycles. The lowest BCUT2D eigenvalue weighted by Crippen LogP contribution is -2.38. The van der Waals surface area contributed by atoms with Crippen molar-refractivity contribution in [1.82, 2.24) is 5.32 Å². The maximum absolute atomic E-state index is 11.4. The van der Waals surface area contributed by atoms with Crippen LogP contribution in [-0.4, -0.2) is 25.7 Å². The first-order chi connectivity index (χ1) is 8.19. The van der Waals surface area contributed by atoms with Gasteiger partial charge in [-0.15, -0.1) is 0 Å². The van der Waals surface area contributed by atoms with Crippen molar-refractivity contribution in [3.63, 3.8) is 0 Å². The van der Waals surface area contributed by atoms with Gasteiger partial charge in [-0.1, -0.05) is 44.2 Å². The molecule has 0 spiro atoms. The molecule has 1 aromatic rings. The van der Waals surface area contributed by atoms with Gasteiger partial charge in [0.05, 0.1) is 7.11 Å². The summed E-state index contributed by atoms with van der Waals surface area (Å²) in [6, 6.07) is 10.1. The molecule has 17 heavy (non-hydrogen) atoms. The van der Waals surface area contributed by atoms with Crippen molar-refractivity contribution < 1.29 is 9.53 Å². The SMILES string of the molecule is CCC(NCC(C)c1ccccc1)C(=O)OC. The summed E-state index contributed by atoms with van der Waals surface area (Å²) in [6.45, 7) is 4.89. The summed E-state index contributed by atoms with van der Waals surface area (Å²) in [4.78, 5) is 11.4. The van der Waals surface area contributed by atoms with Gasteiger partial charge in [0, 0.05) is 6.54 Å². The van der Waals surface area contributed by atoms with Gasteiger partial charge in [-0.2, -0.15) is 0 Å². The highest BCUT2D eigenvalue weighted by molar-refractivity contribution is 5.75. The molecule has 0 aliphatic carbocycles. The van der Waals surface area contributed by atoms with E-state index < -0.39 is 0 Å². The van der Waals surface area contributed by atoms with E-state index >= 15 is 0 Å². The van der Waals surface area contributed by atoms with E-state index in [0.717, 1.165) is 13.0 Å². The predicted molar refractivity (Wildman–Crippen MR) is 69.0 cm³/mol. The van der Waals surface area contributed by atoms with Gasteiger partial charge in [-0.25, -0.2) is 0 Å². The lowest BCUT2D eigenvalue weighted by Gasteiger charge is -2.18. The third-order valence-corrected chi connectivity index (χ3v) is 2.93. The van der Waals surface area contributed by atoms with Crippen molar-refractivity contribution >= 4 is 5.97 Å². The van der Waals surface area contributed by atoms with Crippen LogP contribution in [-0.2, 0) is 9.53 Å². The minimum atomic E-state index is -0.203. The average molecular weight is 235 g/mol. The van der Waals surface area contributed by atoms with Gasteiger partial charge < -0.3 is 10.1 Å². The van der Waals surface area contributed by atoms with E-state index in [1.54, 1.807) is 0 Å². The molecule has 0 bridgehead atoms. The van der Waals surface area contributed by atoms with Crippen molar-refractivity contribution in [1.29, 1.82) is 0 Å². The minimum Gasteiger partial charge on any atom is -0.468 e. The van der Waals surface area contributed by atoms with Crippen molar-refractivity contribution in [2.24, 2.45) is 0 Å². The molecule has 0 amide bonds. The zero-order chi connectivity index (χ0) is 12.7. The Morgan fingerprint density at radius 1 is 1.35 bits per heavy atom. The number of benzene rings is 1. The van der Waals surface area contributed by atoms with E-state index in [-0.39, 0.29) is 12.0 Å². The van der Waals surface area contributed by atoms with E-state index in [4.69, 9.17) is 4.74 Å². The number of hydrogen-bond donors (Lipinski definition) is 1. The molecule has 0 radical (unpaired) electrons. The van der Waals surface area contributed by atoms with Crippen LogP contribution in [0.2, 0.25) is 0 Å². The van der Waals surface area contributed by atoms with Gasteiger partial charge >= 0.3 is 5.97 Å². The van der Waals surface area contributed by atoms with Crippen LogP contribution >= 0.6 is 0 Å². The number of carbonyl (C=O) groups is 1. The second-order valence-electron chi connectivity index (χ2n) is 4.20.